The first kappa shape index (κ1) is 17.1. The summed E-state index contributed by atoms with van der Waals surface area (Å²) < 4.78 is 10.4. The van der Waals surface area contributed by atoms with Crippen LogP contribution < -0.4 is 10.5 Å². The Bertz CT molecular complexity index is 586. The van der Waals surface area contributed by atoms with Crippen LogP contribution >= 0.6 is 0 Å². The van der Waals surface area contributed by atoms with Gasteiger partial charge in [-0.25, -0.2) is 0 Å². The third-order valence-electron chi connectivity index (χ3n) is 3.86. The molecule has 0 saturated carbocycles. The lowest BCUT2D eigenvalue weighted by Gasteiger charge is -2.31. The molecule has 6 nitrogen and oxygen atoms in total. The summed E-state index contributed by atoms with van der Waals surface area (Å²) in [5.41, 5.74) is 6.90. The van der Waals surface area contributed by atoms with E-state index < -0.39 is 0 Å². The van der Waals surface area contributed by atoms with Gasteiger partial charge in [0.15, 0.2) is 0 Å². The average Bonchev–Trinajstić information content (AvgIpc) is 2.55. The summed E-state index contributed by atoms with van der Waals surface area (Å²) in [5.74, 6) is -0.0645. The Morgan fingerprint density at radius 2 is 2.09 bits per heavy atom. The SMILES string of the molecule is COC(=O)C1CCCN(C(=O)c2ccc(OC(C)C)c(N)c2)C1. The molecule has 2 N–H and O–H groups in total. The van der Waals surface area contributed by atoms with Crippen molar-refractivity contribution in [2.45, 2.75) is 32.8 Å². The fraction of sp³-hybridized carbons (Fsp3) is 0.529. The Labute approximate surface area is 136 Å². The second-order valence-electron chi connectivity index (χ2n) is 6.03. The molecule has 6 heteroatoms. The van der Waals surface area contributed by atoms with Crippen molar-refractivity contribution in [2.75, 3.05) is 25.9 Å². The van der Waals surface area contributed by atoms with Crippen LogP contribution in [0.1, 0.15) is 37.0 Å². The number of likely N-dealkylation sites (tertiary alicyclic amines) is 1. The molecule has 0 spiro atoms. The van der Waals surface area contributed by atoms with Crippen molar-refractivity contribution in [3.05, 3.63) is 23.8 Å². The molecule has 126 valence electrons. The zero-order valence-corrected chi connectivity index (χ0v) is 13.9. The third-order valence-corrected chi connectivity index (χ3v) is 3.86. The molecule has 1 amide bonds. The van der Waals surface area contributed by atoms with Crippen molar-refractivity contribution < 1.29 is 19.1 Å². The summed E-state index contributed by atoms with van der Waals surface area (Å²) in [5, 5.41) is 0. The second-order valence-corrected chi connectivity index (χ2v) is 6.03. The topological polar surface area (TPSA) is 81.9 Å². The molecule has 1 atom stereocenters. The molecule has 0 bridgehead atoms. The zero-order valence-electron chi connectivity index (χ0n) is 13.9. The molecule has 1 saturated heterocycles. The first-order valence-corrected chi connectivity index (χ1v) is 7.85. The van der Waals surface area contributed by atoms with Gasteiger partial charge >= 0.3 is 5.97 Å². The number of nitrogen functional groups attached to an aromatic ring is 1. The Morgan fingerprint density at radius 1 is 1.35 bits per heavy atom. The summed E-state index contributed by atoms with van der Waals surface area (Å²) in [6.07, 6.45) is 1.55. The minimum atomic E-state index is -0.261. The van der Waals surface area contributed by atoms with Crippen LogP contribution in [-0.2, 0) is 9.53 Å². The van der Waals surface area contributed by atoms with Crippen LogP contribution in [0.25, 0.3) is 0 Å². The van der Waals surface area contributed by atoms with E-state index in [1.54, 1.807) is 23.1 Å². The van der Waals surface area contributed by atoms with E-state index in [1.807, 2.05) is 13.8 Å². The number of benzene rings is 1. The number of methoxy groups -OCH3 is 1. The van der Waals surface area contributed by atoms with E-state index in [0.717, 1.165) is 12.8 Å². The van der Waals surface area contributed by atoms with E-state index in [0.29, 0.717) is 30.1 Å². The van der Waals surface area contributed by atoms with Crippen LogP contribution in [0.4, 0.5) is 5.69 Å². The number of ether oxygens (including phenoxy) is 2. The monoisotopic (exact) mass is 320 g/mol. The Balaban J connectivity index is 2.10. The first-order chi connectivity index (χ1) is 10.9. The van der Waals surface area contributed by atoms with Crippen LogP contribution in [0.3, 0.4) is 0 Å². The third kappa shape index (κ3) is 4.15. The summed E-state index contributed by atoms with van der Waals surface area (Å²) in [7, 11) is 1.37. The quantitative estimate of drug-likeness (QED) is 0.678. The molecular weight excluding hydrogens is 296 g/mol. The highest BCUT2D eigenvalue weighted by Gasteiger charge is 2.29. The summed E-state index contributed by atoms with van der Waals surface area (Å²) >= 11 is 0. The highest BCUT2D eigenvalue weighted by Crippen LogP contribution is 2.26. The van der Waals surface area contributed by atoms with Gasteiger partial charge in [-0.15, -0.1) is 0 Å². The maximum absolute atomic E-state index is 12.6. The Hall–Kier alpha value is -2.24. The molecule has 1 aliphatic heterocycles. The molecule has 0 aromatic heterocycles. The van der Waals surface area contributed by atoms with E-state index in [1.165, 1.54) is 7.11 Å². The molecule has 1 aromatic rings. The number of nitrogens with two attached hydrogens (primary N) is 1. The zero-order chi connectivity index (χ0) is 17.0. The van der Waals surface area contributed by atoms with Crippen molar-refractivity contribution in [3.63, 3.8) is 0 Å². The van der Waals surface area contributed by atoms with Crippen molar-refractivity contribution in [1.29, 1.82) is 0 Å². The van der Waals surface area contributed by atoms with Gasteiger partial charge in [0.1, 0.15) is 5.75 Å². The van der Waals surface area contributed by atoms with Gasteiger partial charge in [0, 0.05) is 18.7 Å². The minimum absolute atomic E-state index is 0.0155. The number of anilines is 1. The maximum atomic E-state index is 12.6. The Morgan fingerprint density at radius 3 is 2.70 bits per heavy atom. The molecule has 1 heterocycles. The van der Waals surface area contributed by atoms with Gasteiger partial charge in [0.2, 0.25) is 0 Å². The number of hydrogen-bond acceptors (Lipinski definition) is 5. The number of carbonyl (C=O) groups excluding carboxylic acids is 2. The van der Waals surface area contributed by atoms with Crippen LogP contribution in [0.15, 0.2) is 18.2 Å². The fourth-order valence-corrected chi connectivity index (χ4v) is 2.75. The van der Waals surface area contributed by atoms with E-state index in [2.05, 4.69) is 0 Å². The van der Waals surface area contributed by atoms with E-state index in [-0.39, 0.29) is 23.9 Å². The van der Waals surface area contributed by atoms with Crippen molar-refractivity contribution in [2.24, 2.45) is 5.92 Å². The van der Waals surface area contributed by atoms with Crippen molar-refractivity contribution in [3.8, 4) is 5.75 Å². The van der Waals surface area contributed by atoms with Crippen LogP contribution in [0.2, 0.25) is 0 Å². The number of amides is 1. The smallest absolute Gasteiger partial charge is 0.310 e. The number of carbonyl (C=O) groups is 2. The number of nitrogens with zero attached hydrogens (tertiary/aromatic N) is 1. The molecule has 1 aromatic carbocycles. The fourth-order valence-electron chi connectivity index (χ4n) is 2.75. The molecule has 23 heavy (non-hydrogen) atoms. The molecule has 1 unspecified atom stereocenters. The van der Waals surface area contributed by atoms with E-state index in [9.17, 15) is 9.59 Å². The lowest BCUT2D eigenvalue weighted by Crippen LogP contribution is -2.42. The number of esters is 1. The van der Waals surface area contributed by atoms with E-state index in [4.69, 9.17) is 15.2 Å². The largest absolute Gasteiger partial charge is 0.489 e. The molecule has 1 aliphatic rings. The van der Waals surface area contributed by atoms with Gasteiger partial charge in [-0.1, -0.05) is 0 Å². The van der Waals surface area contributed by atoms with Crippen LogP contribution in [0, 0.1) is 5.92 Å². The first-order valence-electron chi connectivity index (χ1n) is 7.85. The van der Waals surface area contributed by atoms with Gasteiger partial charge in [-0.05, 0) is 44.9 Å². The minimum Gasteiger partial charge on any atom is -0.489 e. The number of hydrogen-bond donors (Lipinski definition) is 1. The lowest BCUT2D eigenvalue weighted by atomic mass is 9.97. The summed E-state index contributed by atoms with van der Waals surface area (Å²) in [6, 6.07) is 5.05. The van der Waals surface area contributed by atoms with Gasteiger partial charge in [0.05, 0.1) is 24.8 Å². The predicted molar refractivity (Wildman–Crippen MR) is 87.3 cm³/mol. The second kappa shape index (κ2) is 7.35. The maximum Gasteiger partial charge on any atom is 0.310 e. The molecule has 2 rings (SSSR count). The van der Waals surface area contributed by atoms with Crippen molar-refractivity contribution in [1.82, 2.24) is 4.90 Å². The normalized spacial score (nSPS) is 17.9. The lowest BCUT2D eigenvalue weighted by molar-refractivity contribution is -0.146. The average molecular weight is 320 g/mol. The highest BCUT2D eigenvalue weighted by atomic mass is 16.5. The number of piperidine rings is 1. The van der Waals surface area contributed by atoms with Crippen LogP contribution in [-0.4, -0.2) is 43.1 Å². The predicted octanol–water partition coefficient (Wildman–Crippen LogP) is 2.08. The van der Waals surface area contributed by atoms with E-state index >= 15 is 0 Å². The molecule has 0 aliphatic carbocycles. The summed E-state index contributed by atoms with van der Waals surface area (Å²) in [4.78, 5) is 26.0. The standard InChI is InChI=1S/C17H24N2O4/c1-11(2)23-15-7-6-12(9-14(15)18)16(20)19-8-4-5-13(10-19)17(21)22-3/h6-7,9,11,13H,4-5,8,10,18H2,1-3H3. The van der Waals surface area contributed by atoms with Gasteiger partial charge in [-0.2, -0.15) is 0 Å². The van der Waals surface area contributed by atoms with Gasteiger partial charge < -0.3 is 20.1 Å². The Kier molecular flexibility index (Phi) is 5.47. The van der Waals surface area contributed by atoms with Gasteiger partial charge in [0.25, 0.3) is 5.91 Å². The number of rotatable bonds is 4. The highest BCUT2D eigenvalue weighted by molar-refractivity contribution is 5.95. The van der Waals surface area contributed by atoms with Crippen LogP contribution in [0.5, 0.6) is 5.75 Å². The molecular formula is C17H24N2O4. The van der Waals surface area contributed by atoms with Crippen molar-refractivity contribution >= 4 is 17.6 Å². The van der Waals surface area contributed by atoms with Gasteiger partial charge in [-0.3, -0.25) is 9.59 Å². The summed E-state index contributed by atoms with van der Waals surface area (Å²) in [6.45, 7) is 4.85. The molecule has 0 radical (unpaired) electrons. The molecule has 1 fully saturated rings.